The van der Waals surface area contributed by atoms with Crippen LogP contribution in [0, 0.1) is 6.92 Å². The highest BCUT2D eigenvalue weighted by Gasteiger charge is 2.11. The van der Waals surface area contributed by atoms with E-state index in [1.54, 1.807) is 0 Å². The molecule has 0 aromatic heterocycles. The van der Waals surface area contributed by atoms with Crippen LogP contribution < -0.4 is 5.32 Å². The molecule has 1 aromatic carbocycles. The van der Waals surface area contributed by atoms with Crippen LogP contribution in [0.2, 0.25) is 0 Å². The standard InChI is InChI=1S/C12H18BrNO/c1-9-6-10(13)8-11(7-9)14-5-4-12(2,3)15/h6-8,14-15H,4-5H2,1-3H3. The lowest BCUT2D eigenvalue weighted by Gasteiger charge is -2.17. The lowest BCUT2D eigenvalue weighted by Crippen LogP contribution is -2.22. The number of benzene rings is 1. The molecule has 0 aliphatic rings. The summed E-state index contributed by atoms with van der Waals surface area (Å²) in [4.78, 5) is 0. The summed E-state index contributed by atoms with van der Waals surface area (Å²) < 4.78 is 1.08. The van der Waals surface area contributed by atoms with Crippen LogP contribution >= 0.6 is 15.9 Å². The number of anilines is 1. The third-order valence-electron chi connectivity index (χ3n) is 2.11. The van der Waals surface area contributed by atoms with Gasteiger partial charge in [0.2, 0.25) is 0 Å². The second kappa shape index (κ2) is 4.99. The van der Waals surface area contributed by atoms with Gasteiger partial charge in [0.15, 0.2) is 0 Å². The Hall–Kier alpha value is -0.540. The first-order valence-electron chi connectivity index (χ1n) is 5.10. The van der Waals surface area contributed by atoms with Gasteiger partial charge in [-0.2, -0.15) is 0 Å². The lowest BCUT2D eigenvalue weighted by atomic mass is 10.1. The summed E-state index contributed by atoms with van der Waals surface area (Å²) in [6, 6.07) is 6.20. The molecule has 84 valence electrons. The fourth-order valence-corrected chi connectivity index (χ4v) is 1.96. The predicted octanol–water partition coefficient (Wildman–Crippen LogP) is 3.33. The predicted molar refractivity (Wildman–Crippen MR) is 68.3 cm³/mol. The molecule has 0 unspecified atom stereocenters. The lowest BCUT2D eigenvalue weighted by molar-refractivity contribution is 0.0749. The van der Waals surface area contributed by atoms with Crippen LogP contribution in [0.3, 0.4) is 0 Å². The van der Waals surface area contributed by atoms with E-state index in [-0.39, 0.29) is 0 Å². The molecule has 0 spiro atoms. The van der Waals surface area contributed by atoms with Gasteiger partial charge in [-0.3, -0.25) is 0 Å². The Labute approximate surface area is 99.8 Å². The maximum absolute atomic E-state index is 9.56. The number of aliphatic hydroxyl groups is 1. The number of hydrogen-bond acceptors (Lipinski definition) is 2. The second-order valence-corrected chi connectivity index (χ2v) is 5.42. The summed E-state index contributed by atoms with van der Waals surface area (Å²) >= 11 is 3.45. The highest BCUT2D eigenvalue weighted by Crippen LogP contribution is 2.19. The zero-order chi connectivity index (χ0) is 11.5. The van der Waals surface area contributed by atoms with Crippen molar-refractivity contribution in [1.29, 1.82) is 0 Å². The van der Waals surface area contributed by atoms with Crippen LogP contribution in [0.1, 0.15) is 25.8 Å². The van der Waals surface area contributed by atoms with E-state index >= 15 is 0 Å². The molecule has 0 radical (unpaired) electrons. The molecule has 0 heterocycles. The maximum Gasteiger partial charge on any atom is 0.0608 e. The van der Waals surface area contributed by atoms with Gasteiger partial charge < -0.3 is 10.4 Å². The fourth-order valence-electron chi connectivity index (χ4n) is 1.35. The molecular formula is C12H18BrNO. The number of rotatable bonds is 4. The Kier molecular flexibility index (Phi) is 4.17. The number of aryl methyl sites for hydroxylation is 1. The van der Waals surface area contributed by atoms with Gasteiger partial charge >= 0.3 is 0 Å². The Morgan fingerprint density at radius 1 is 1.33 bits per heavy atom. The van der Waals surface area contributed by atoms with Crippen LogP contribution in [-0.4, -0.2) is 17.3 Å². The first-order valence-corrected chi connectivity index (χ1v) is 5.89. The maximum atomic E-state index is 9.56. The van der Waals surface area contributed by atoms with E-state index in [1.807, 2.05) is 19.9 Å². The molecule has 0 aliphatic carbocycles. The van der Waals surface area contributed by atoms with Crippen LogP contribution in [0.5, 0.6) is 0 Å². The van der Waals surface area contributed by atoms with Crippen LogP contribution in [0.15, 0.2) is 22.7 Å². The molecule has 3 heteroatoms. The smallest absolute Gasteiger partial charge is 0.0608 e. The van der Waals surface area contributed by atoms with Crippen molar-refractivity contribution in [2.75, 3.05) is 11.9 Å². The van der Waals surface area contributed by atoms with Gasteiger partial charge in [-0.05, 0) is 51.0 Å². The first kappa shape index (κ1) is 12.5. The van der Waals surface area contributed by atoms with Gasteiger partial charge in [0.25, 0.3) is 0 Å². The van der Waals surface area contributed by atoms with E-state index < -0.39 is 5.60 Å². The quantitative estimate of drug-likeness (QED) is 0.881. The molecule has 0 amide bonds. The van der Waals surface area contributed by atoms with Gasteiger partial charge in [0.05, 0.1) is 5.60 Å². The second-order valence-electron chi connectivity index (χ2n) is 4.51. The van der Waals surface area contributed by atoms with Crippen LogP contribution in [-0.2, 0) is 0 Å². The largest absolute Gasteiger partial charge is 0.390 e. The Morgan fingerprint density at radius 3 is 2.53 bits per heavy atom. The zero-order valence-corrected chi connectivity index (χ0v) is 11.1. The van der Waals surface area contributed by atoms with Gasteiger partial charge in [-0.15, -0.1) is 0 Å². The van der Waals surface area contributed by atoms with Gasteiger partial charge in [-0.1, -0.05) is 15.9 Å². The molecule has 1 rings (SSSR count). The summed E-state index contributed by atoms with van der Waals surface area (Å²) in [5, 5.41) is 12.8. The summed E-state index contributed by atoms with van der Waals surface area (Å²) in [6.45, 7) is 6.48. The summed E-state index contributed by atoms with van der Waals surface area (Å²) in [7, 11) is 0. The average Bonchev–Trinajstić information content (AvgIpc) is 1.99. The van der Waals surface area contributed by atoms with E-state index in [2.05, 4.69) is 40.3 Å². The van der Waals surface area contributed by atoms with Crippen molar-refractivity contribution in [3.05, 3.63) is 28.2 Å². The third kappa shape index (κ3) is 5.19. The molecule has 0 saturated carbocycles. The van der Waals surface area contributed by atoms with Crippen LogP contribution in [0.25, 0.3) is 0 Å². The van der Waals surface area contributed by atoms with Crippen molar-refractivity contribution in [2.24, 2.45) is 0 Å². The number of nitrogens with one attached hydrogen (secondary N) is 1. The molecule has 0 aliphatic heterocycles. The molecule has 0 saturated heterocycles. The molecule has 15 heavy (non-hydrogen) atoms. The van der Waals surface area contributed by atoms with E-state index in [4.69, 9.17) is 0 Å². The van der Waals surface area contributed by atoms with Crippen LogP contribution in [0.4, 0.5) is 5.69 Å². The highest BCUT2D eigenvalue weighted by molar-refractivity contribution is 9.10. The minimum Gasteiger partial charge on any atom is -0.390 e. The Balaban J connectivity index is 2.51. The normalized spacial score (nSPS) is 11.5. The van der Waals surface area contributed by atoms with Crippen molar-refractivity contribution in [1.82, 2.24) is 0 Å². The van der Waals surface area contributed by atoms with Crippen molar-refractivity contribution in [2.45, 2.75) is 32.8 Å². The monoisotopic (exact) mass is 271 g/mol. The average molecular weight is 272 g/mol. The van der Waals surface area contributed by atoms with E-state index in [0.29, 0.717) is 0 Å². The van der Waals surface area contributed by atoms with Gasteiger partial charge in [0, 0.05) is 16.7 Å². The summed E-state index contributed by atoms with van der Waals surface area (Å²) in [6.07, 6.45) is 0.735. The third-order valence-corrected chi connectivity index (χ3v) is 2.57. The first-order chi connectivity index (χ1) is 6.87. The molecule has 2 nitrogen and oxygen atoms in total. The Bertz CT molecular complexity index is 311. The minimum absolute atomic E-state index is 0.603. The van der Waals surface area contributed by atoms with E-state index in [0.717, 1.165) is 23.1 Å². The Morgan fingerprint density at radius 2 is 2.00 bits per heavy atom. The van der Waals surface area contributed by atoms with E-state index in [9.17, 15) is 5.11 Å². The fraction of sp³-hybridized carbons (Fsp3) is 0.500. The summed E-state index contributed by atoms with van der Waals surface area (Å²) in [5.41, 5.74) is 1.70. The highest BCUT2D eigenvalue weighted by atomic mass is 79.9. The molecule has 2 N–H and O–H groups in total. The summed E-state index contributed by atoms with van der Waals surface area (Å²) in [5.74, 6) is 0. The molecule has 1 aromatic rings. The topological polar surface area (TPSA) is 32.3 Å². The number of halogens is 1. The van der Waals surface area contributed by atoms with E-state index in [1.165, 1.54) is 5.56 Å². The SMILES string of the molecule is Cc1cc(Br)cc(NCCC(C)(C)O)c1. The molecular weight excluding hydrogens is 254 g/mol. The van der Waals surface area contributed by atoms with Gasteiger partial charge in [0.1, 0.15) is 0 Å². The van der Waals surface area contributed by atoms with Crippen molar-refractivity contribution >= 4 is 21.6 Å². The molecule has 0 fully saturated rings. The molecule has 0 atom stereocenters. The van der Waals surface area contributed by atoms with Crippen molar-refractivity contribution < 1.29 is 5.11 Å². The molecule has 0 bridgehead atoms. The van der Waals surface area contributed by atoms with Gasteiger partial charge in [-0.25, -0.2) is 0 Å². The van der Waals surface area contributed by atoms with Crippen molar-refractivity contribution in [3.63, 3.8) is 0 Å². The minimum atomic E-state index is -0.603. The number of hydrogen-bond donors (Lipinski definition) is 2. The van der Waals surface area contributed by atoms with Crippen molar-refractivity contribution in [3.8, 4) is 0 Å². The zero-order valence-electron chi connectivity index (χ0n) is 9.47.